The number of hydrogen-bond acceptors (Lipinski definition) is 5. The van der Waals surface area contributed by atoms with Crippen molar-refractivity contribution >= 4 is 59.9 Å². The van der Waals surface area contributed by atoms with Crippen molar-refractivity contribution in [3.05, 3.63) is 89.6 Å². The Labute approximate surface area is 303 Å². The Morgan fingerprint density at radius 3 is 2.21 bits per heavy atom. The minimum atomic E-state index is -0.337. The summed E-state index contributed by atoms with van der Waals surface area (Å²) in [6.07, 6.45) is 6.59. The summed E-state index contributed by atoms with van der Waals surface area (Å²) < 4.78 is 7.52. The van der Waals surface area contributed by atoms with E-state index in [1.165, 1.54) is 27.1 Å². The molecule has 1 radical (unpaired) electrons. The smallest absolute Gasteiger partial charge is 0.164 e. The zero-order valence-electron chi connectivity index (χ0n) is 29.7. The summed E-state index contributed by atoms with van der Waals surface area (Å²) in [6, 6.07) is 22.8. The van der Waals surface area contributed by atoms with Crippen molar-refractivity contribution in [3.63, 3.8) is 0 Å². The van der Waals surface area contributed by atoms with Crippen LogP contribution in [0.4, 0.5) is 0 Å². The van der Waals surface area contributed by atoms with Crippen LogP contribution in [0.5, 0.6) is 0 Å². The van der Waals surface area contributed by atoms with Gasteiger partial charge in [0.1, 0.15) is 11.3 Å². The molecular weight excluding hydrogens is 791 g/mol. The molecule has 3 aromatic heterocycles. The van der Waals surface area contributed by atoms with E-state index in [2.05, 4.69) is 80.7 Å². The number of hydrogen-bond donors (Lipinski definition) is 1. The number of rotatable bonds is 8. The average Bonchev–Trinajstić information content (AvgIpc) is 3.71. The number of aliphatic hydroxyl groups excluding tert-OH is 1. The topological polar surface area (TPSA) is 63.3 Å². The average molecular weight is 839 g/mol. The second-order valence-corrected chi connectivity index (χ2v) is 15.2. The fraction of sp³-hybridized carbons (Fsp3) is 0.381. The third-order valence-corrected chi connectivity index (χ3v) is 11.3. The number of carbonyl (C=O) groups excluding carboxylic acids is 1. The van der Waals surface area contributed by atoms with Gasteiger partial charge in [-0.3, -0.25) is 9.78 Å². The first-order valence-electron chi connectivity index (χ1n) is 16.9. The first kappa shape index (κ1) is 37.5. The second kappa shape index (κ2) is 14.7. The number of carbonyl (C=O) groups is 1. The Morgan fingerprint density at radius 2 is 1.56 bits per heavy atom. The van der Waals surface area contributed by atoms with E-state index >= 15 is 0 Å². The van der Waals surface area contributed by atoms with Crippen LogP contribution >= 0.6 is 11.3 Å². The van der Waals surface area contributed by atoms with Gasteiger partial charge in [0, 0.05) is 59.7 Å². The van der Waals surface area contributed by atoms with Gasteiger partial charge in [-0.25, -0.2) is 0 Å². The molecule has 0 saturated carbocycles. The maximum Gasteiger partial charge on any atom is 0.164 e. The van der Waals surface area contributed by atoms with Crippen LogP contribution in [0.3, 0.4) is 0 Å². The van der Waals surface area contributed by atoms with Gasteiger partial charge in [-0.15, -0.1) is 40.5 Å². The molecule has 0 aliphatic rings. The second-order valence-electron chi connectivity index (χ2n) is 14.2. The first-order valence-corrected chi connectivity index (χ1v) is 17.8. The van der Waals surface area contributed by atoms with Crippen LogP contribution in [-0.4, -0.2) is 15.9 Å². The summed E-state index contributed by atoms with van der Waals surface area (Å²) in [7, 11) is 0. The van der Waals surface area contributed by atoms with Crippen molar-refractivity contribution in [1.82, 2.24) is 4.98 Å². The van der Waals surface area contributed by atoms with Crippen LogP contribution < -0.4 is 0 Å². The summed E-state index contributed by atoms with van der Waals surface area (Å²) in [6.45, 7) is 18.9. The molecule has 4 nitrogen and oxygen atoms in total. The summed E-state index contributed by atoms with van der Waals surface area (Å²) in [5.41, 5.74) is 4.47. The maximum absolute atomic E-state index is 12.2. The van der Waals surface area contributed by atoms with E-state index in [4.69, 9.17) is 9.40 Å². The number of nitrogens with zero attached hydrogens (tertiary/aromatic N) is 1. The Balaban J connectivity index is 0.000000251. The van der Waals surface area contributed by atoms with E-state index in [9.17, 15) is 9.90 Å². The van der Waals surface area contributed by atoms with Gasteiger partial charge in [0.25, 0.3) is 0 Å². The summed E-state index contributed by atoms with van der Waals surface area (Å²) in [5.74, 6) is 0.286. The molecule has 0 aliphatic carbocycles. The molecule has 0 aliphatic heterocycles. The normalized spacial score (nSPS) is 12.7. The fourth-order valence-corrected chi connectivity index (χ4v) is 6.95. The van der Waals surface area contributed by atoms with Gasteiger partial charge in [0.2, 0.25) is 0 Å². The van der Waals surface area contributed by atoms with Gasteiger partial charge < -0.3 is 9.52 Å². The Morgan fingerprint density at radius 1 is 0.896 bits per heavy atom. The van der Waals surface area contributed by atoms with Crippen LogP contribution in [0.25, 0.3) is 54.1 Å². The van der Waals surface area contributed by atoms with Crippen molar-refractivity contribution in [2.24, 2.45) is 10.8 Å². The van der Waals surface area contributed by atoms with Gasteiger partial charge in [-0.1, -0.05) is 104 Å². The Bertz CT molecular complexity index is 2090. The number of thiophene rings is 1. The maximum atomic E-state index is 12.2. The molecule has 0 fully saturated rings. The monoisotopic (exact) mass is 839 g/mol. The number of benzene rings is 3. The van der Waals surface area contributed by atoms with Gasteiger partial charge in [0.15, 0.2) is 11.4 Å². The number of aromatic nitrogens is 1. The van der Waals surface area contributed by atoms with Crippen LogP contribution in [0.1, 0.15) is 93.6 Å². The Hall–Kier alpha value is -3.31. The minimum Gasteiger partial charge on any atom is -0.512 e. The molecule has 48 heavy (non-hydrogen) atoms. The van der Waals surface area contributed by atoms with E-state index in [1.807, 2.05) is 53.8 Å². The zero-order valence-corrected chi connectivity index (χ0v) is 32.9. The molecule has 0 unspecified atom stereocenters. The number of ketones is 1. The van der Waals surface area contributed by atoms with Crippen molar-refractivity contribution in [1.29, 1.82) is 0 Å². The largest absolute Gasteiger partial charge is 0.512 e. The molecule has 6 heteroatoms. The van der Waals surface area contributed by atoms with E-state index in [-0.39, 0.29) is 47.9 Å². The molecule has 0 saturated heterocycles. The molecule has 3 heterocycles. The van der Waals surface area contributed by atoms with Crippen molar-refractivity contribution < 1.29 is 34.4 Å². The standard InChI is InChI=1S/C27H20NOS.C15H28O2.Ir/c1-27(2,3)21-15-18(14-17-6-4-5-7-19(17)21)24-23-20-9-8-16-11-13-30-26(16)25(20)29-22(23)10-12-28-24;1-7-14(5,8-2)12(16)11-13(17)15(6,9-3)10-4;/h4-13,15H,1-3H3;11,16H,7-10H2,1-6H3;/q-1;;/b;12-11-;. The van der Waals surface area contributed by atoms with E-state index < -0.39 is 0 Å². The molecule has 0 atom stereocenters. The van der Waals surface area contributed by atoms with Crippen LogP contribution in [0, 0.1) is 16.9 Å². The third-order valence-electron chi connectivity index (χ3n) is 10.4. The van der Waals surface area contributed by atoms with Crippen LogP contribution in [0.2, 0.25) is 0 Å². The van der Waals surface area contributed by atoms with Gasteiger partial charge >= 0.3 is 0 Å². The molecule has 0 spiro atoms. The third kappa shape index (κ3) is 7.04. The van der Waals surface area contributed by atoms with E-state index in [0.717, 1.165) is 64.3 Å². The summed E-state index contributed by atoms with van der Waals surface area (Å²) >= 11 is 1.72. The molecule has 1 N–H and O–H groups in total. The molecule has 6 aromatic rings. The number of furan rings is 1. The molecule has 255 valence electrons. The molecule has 6 rings (SSSR count). The van der Waals surface area contributed by atoms with Gasteiger partial charge in [0.05, 0.1) is 4.70 Å². The number of pyridine rings is 1. The van der Waals surface area contributed by atoms with Gasteiger partial charge in [-0.05, 0) is 54.0 Å². The SMILES string of the molecule is CC(C)(C)c1cc(-c2nccc3oc4c(ccc5ccsc54)c23)[c-]c2ccccc12.CCC(C)(CC)C(=O)/C=C(\O)C(C)(CC)CC.[Ir]. The Kier molecular flexibility index (Phi) is 11.5. The zero-order chi connectivity index (χ0) is 34.1. The van der Waals surface area contributed by atoms with Crippen molar-refractivity contribution in [2.45, 2.75) is 93.4 Å². The van der Waals surface area contributed by atoms with Gasteiger partial charge in [-0.2, -0.15) is 0 Å². The van der Waals surface area contributed by atoms with E-state index in [0.29, 0.717) is 0 Å². The molecule has 0 bridgehead atoms. The molecular formula is C42H48IrNO3S-. The van der Waals surface area contributed by atoms with Crippen LogP contribution in [0.15, 0.2) is 82.4 Å². The van der Waals surface area contributed by atoms with Crippen molar-refractivity contribution in [2.75, 3.05) is 0 Å². The predicted molar refractivity (Wildman–Crippen MR) is 200 cm³/mol. The quantitative estimate of drug-likeness (QED) is 0.0942. The first-order chi connectivity index (χ1) is 22.3. The number of allylic oxidation sites excluding steroid dienone is 2. The van der Waals surface area contributed by atoms with E-state index in [1.54, 1.807) is 11.3 Å². The van der Waals surface area contributed by atoms with Crippen molar-refractivity contribution in [3.8, 4) is 11.3 Å². The molecule has 3 aromatic carbocycles. The minimum absolute atomic E-state index is 0. The molecule has 0 amide bonds. The number of aliphatic hydroxyl groups is 1. The summed E-state index contributed by atoms with van der Waals surface area (Å²) in [5, 5.41) is 18.0. The fourth-order valence-electron chi connectivity index (χ4n) is 6.07. The predicted octanol–water partition coefficient (Wildman–Crippen LogP) is 12.8. The van der Waals surface area contributed by atoms with Crippen LogP contribution in [-0.2, 0) is 30.3 Å². The number of fused-ring (bicyclic) bond motifs is 6. The summed E-state index contributed by atoms with van der Waals surface area (Å²) in [4.78, 5) is 17.0.